The van der Waals surface area contributed by atoms with Crippen LogP contribution in [0.5, 0.6) is 0 Å². The fraction of sp³-hybridized carbons (Fsp3) is 0.667. The van der Waals surface area contributed by atoms with Crippen molar-refractivity contribution in [3.8, 4) is 0 Å². The highest BCUT2D eigenvalue weighted by Gasteiger charge is 2.25. The second kappa shape index (κ2) is 10.2. The molecule has 0 radical (unpaired) electrons. The average Bonchev–Trinajstić information content (AvgIpc) is 3.14. The van der Waals surface area contributed by atoms with E-state index >= 15 is 0 Å². The molecular weight excluding hydrogens is 374 g/mol. The van der Waals surface area contributed by atoms with E-state index in [4.69, 9.17) is 4.99 Å². The zero-order chi connectivity index (χ0) is 20.8. The number of guanidine groups is 1. The maximum Gasteiger partial charge on any atom is 0.191 e. The maximum atomic E-state index is 14.1. The SMILES string of the molecule is CCNC(=NCC(C)N1CCN(C)CC1)NC1CCN(c2ccc(F)cc2F)C1. The molecule has 2 atom stereocenters. The highest BCUT2D eigenvalue weighted by atomic mass is 19.1. The molecule has 0 aromatic heterocycles. The van der Waals surface area contributed by atoms with E-state index in [1.165, 1.54) is 12.1 Å². The van der Waals surface area contributed by atoms with E-state index in [1.807, 2.05) is 4.90 Å². The highest BCUT2D eigenvalue weighted by molar-refractivity contribution is 5.80. The Hall–Kier alpha value is -1.93. The van der Waals surface area contributed by atoms with Gasteiger partial charge in [0, 0.05) is 64.0 Å². The van der Waals surface area contributed by atoms with E-state index in [0.717, 1.165) is 64.3 Å². The third kappa shape index (κ3) is 6.02. The molecule has 162 valence electrons. The molecule has 2 unspecified atom stereocenters. The van der Waals surface area contributed by atoms with Gasteiger partial charge in [0.15, 0.2) is 5.96 Å². The number of nitrogens with one attached hydrogen (secondary N) is 2. The molecule has 0 spiro atoms. The molecule has 0 aliphatic carbocycles. The van der Waals surface area contributed by atoms with Gasteiger partial charge in [0.1, 0.15) is 11.6 Å². The van der Waals surface area contributed by atoms with Crippen molar-refractivity contribution in [2.45, 2.75) is 32.4 Å². The van der Waals surface area contributed by atoms with Crippen molar-refractivity contribution in [2.75, 3.05) is 64.3 Å². The number of rotatable bonds is 6. The van der Waals surface area contributed by atoms with Crippen LogP contribution in [-0.2, 0) is 0 Å². The first-order chi connectivity index (χ1) is 14.0. The number of benzene rings is 1. The molecule has 8 heteroatoms. The number of nitrogens with zero attached hydrogens (tertiary/aromatic N) is 4. The number of aliphatic imine (C=N–C) groups is 1. The molecule has 2 aliphatic rings. The van der Waals surface area contributed by atoms with Gasteiger partial charge in [0.25, 0.3) is 0 Å². The first-order valence-corrected chi connectivity index (χ1v) is 10.6. The standard InChI is InChI=1S/C21H34F2N6/c1-4-24-21(25-14-16(2)28-11-9-27(3)10-12-28)26-18-7-8-29(15-18)20-6-5-17(22)13-19(20)23/h5-6,13,16,18H,4,7-12,14-15H2,1-3H3,(H2,24,25,26). The molecule has 2 N–H and O–H groups in total. The fourth-order valence-electron chi connectivity index (χ4n) is 3.95. The molecular formula is C21H34F2N6. The average molecular weight is 409 g/mol. The molecule has 3 rings (SSSR count). The van der Waals surface area contributed by atoms with Gasteiger partial charge >= 0.3 is 0 Å². The number of piperazine rings is 1. The fourth-order valence-corrected chi connectivity index (χ4v) is 3.95. The third-order valence-corrected chi connectivity index (χ3v) is 5.80. The maximum absolute atomic E-state index is 14.1. The summed E-state index contributed by atoms with van der Waals surface area (Å²) in [6.45, 7) is 11.6. The van der Waals surface area contributed by atoms with Crippen LogP contribution in [-0.4, -0.2) is 87.2 Å². The molecule has 0 amide bonds. The Bertz CT molecular complexity index is 690. The summed E-state index contributed by atoms with van der Waals surface area (Å²) < 4.78 is 27.2. The summed E-state index contributed by atoms with van der Waals surface area (Å²) in [5, 5.41) is 6.81. The molecule has 1 aromatic rings. The molecule has 1 aromatic carbocycles. The van der Waals surface area contributed by atoms with Gasteiger partial charge < -0.3 is 20.4 Å². The lowest BCUT2D eigenvalue weighted by Gasteiger charge is -2.36. The zero-order valence-corrected chi connectivity index (χ0v) is 17.8. The van der Waals surface area contributed by atoms with Gasteiger partial charge in [0.2, 0.25) is 0 Å². The van der Waals surface area contributed by atoms with E-state index in [-0.39, 0.29) is 6.04 Å². The van der Waals surface area contributed by atoms with Gasteiger partial charge in [-0.15, -0.1) is 0 Å². The monoisotopic (exact) mass is 408 g/mol. The zero-order valence-electron chi connectivity index (χ0n) is 17.8. The topological polar surface area (TPSA) is 46.1 Å². The molecule has 2 saturated heterocycles. The summed E-state index contributed by atoms with van der Waals surface area (Å²) in [5.41, 5.74) is 0.460. The van der Waals surface area contributed by atoms with Gasteiger partial charge in [-0.1, -0.05) is 0 Å². The minimum atomic E-state index is -0.545. The Morgan fingerprint density at radius 2 is 1.97 bits per heavy atom. The molecule has 2 fully saturated rings. The van der Waals surface area contributed by atoms with Crippen molar-refractivity contribution in [3.63, 3.8) is 0 Å². The van der Waals surface area contributed by atoms with Crippen LogP contribution in [0.3, 0.4) is 0 Å². The molecule has 0 bridgehead atoms. The van der Waals surface area contributed by atoms with E-state index in [1.54, 1.807) is 0 Å². The summed E-state index contributed by atoms with van der Waals surface area (Å²) in [6.07, 6.45) is 0.884. The number of halogens is 2. The summed E-state index contributed by atoms with van der Waals surface area (Å²) in [4.78, 5) is 11.6. The summed E-state index contributed by atoms with van der Waals surface area (Å²) in [6, 6.07) is 4.35. The molecule has 2 aliphatic heterocycles. The van der Waals surface area contributed by atoms with E-state index < -0.39 is 11.6 Å². The predicted molar refractivity (Wildman–Crippen MR) is 115 cm³/mol. The second-order valence-electron chi connectivity index (χ2n) is 8.08. The summed E-state index contributed by atoms with van der Waals surface area (Å²) >= 11 is 0. The van der Waals surface area contributed by atoms with Crippen LogP contribution in [0.1, 0.15) is 20.3 Å². The van der Waals surface area contributed by atoms with E-state index in [2.05, 4.69) is 41.3 Å². The number of anilines is 1. The van der Waals surface area contributed by atoms with Crippen molar-refractivity contribution in [2.24, 2.45) is 4.99 Å². The van der Waals surface area contributed by atoms with Gasteiger partial charge in [-0.2, -0.15) is 0 Å². The van der Waals surface area contributed by atoms with Crippen LogP contribution in [0.15, 0.2) is 23.2 Å². The summed E-state index contributed by atoms with van der Waals surface area (Å²) in [7, 11) is 2.16. The smallest absolute Gasteiger partial charge is 0.191 e. The van der Waals surface area contributed by atoms with Gasteiger partial charge in [-0.25, -0.2) is 8.78 Å². The minimum absolute atomic E-state index is 0.177. The summed E-state index contributed by atoms with van der Waals surface area (Å²) in [5.74, 6) is -0.247. The molecule has 2 heterocycles. The van der Waals surface area contributed by atoms with Gasteiger partial charge in [-0.05, 0) is 39.4 Å². The normalized spacial score (nSPS) is 22.7. The van der Waals surface area contributed by atoms with Crippen molar-refractivity contribution >= 4 is 11.6 Å². The molecule has 0 saturated carbocycles. The highest BCUT2D eigenvalue weighted by Crippen LogP contribution is 2.24. The van der Waals surface area contributed by atoms with Crippen LogP contribution in [0.4, 0.5) is 14.5 Å². The van der Waals surface area contributed by atoms with E-state index in [0.29, 0.717) is 18.3 Å². The third-order valence-electron chi connectivity index (χ3n) is 5.80. The van der Waals surface area contributed by atoms with Crippen LogP contribution in [0.2, 0.25) is 0 Å². The second-order valence-corrected chi connectivity index (χ2v) is 8.08. The van der Waals surface area contributed by atoms with Gasteiger partial charge in [0.05, 0.1) is 12.2 Å². The number of hydrogen-bond acceptors (Lipinski definition) is 4. The van der Waals surface area contributed by atoms with Crippen molar-refractivity contribution in [1.29, 1.82) is 0 Å². The lowest BCUT2D eigenvalue weighted by molar-refractivity contribution is 0.122. The first-order valence-electron chi connectivity index (χ1n) is 10.6. The first kappa shape index (κ1) is 21.8. The van der Waals surface area contributed by atoms with Crippen molar-refractivity contribution in [1.82, 2.24) is 20.4 Å². The van der Waals surface area contributed by atoms with Crippen molar-refractivity contribution < 1.29 is 8.78 Å². The lowest BCUT2D eigenvalue weighted by atomic mass is 10.2. The molecule has 29 heavy (non-hydrogen) atoms. The Balaban J connectivity index is 1.54. The molecule has 6 nitrogen and oxygen atoms in total. The number of likely N-dealkylation sites (N-methyl/N-ethyl adjacent to an activating group) is 1. The van der Waals surface area contributed by atoms with Gasteiger partial charge in [-0.3, -0.25) is 9.89 Å². The van der Waals surface area contributed by atoms with Crippen LogP contribution >= 0.6 is 0 Å². The van der Waals surface area contributed by atoms with Crippen molar-refractivity contribution in [3.05, 3.63) is 29.8 Å². The predicted octanol–water partition coefficient (Wildman–Crippen LogP) is 1.73. The quantitative estimate of drug-likeness (QED) is 0.555. The minimum Gasteiger partial charge on any atom is -0.367 e. The lowest BCUT2D eigenvalue weighted by Crippen LogP contribution is -2.49. The van der Waals surface area contributed by atoms with Crippen LogP contribution in [0.25, 0.3) is 0 Å². The Kier molecular flexibility index (Phi) is 7.66. The van der Waals surface area contributed by atoms with E-state index in [9.17, 15) is 8.78 Å². The Labute approximate surface area is 172 Å². The van der Waals surface area contributed by atoms with Crippen LogP contribution in [0, 0.1) is 11.6 Å². The Morgan fingerprint density at radius 1 is 1.21 bits per heavy atom. The number of hydrogen-bond donors (Lipinski definition) is 2. The largest absolute Gasteiger partial charge is 0.367 e. The van der Waals surface area contributed by atoms with Crippen LogP contribution < -0.4 is 15.5 Å². The Morgan fingerprint density at radius 3 is 2.66 bits per heavy atom.